The monoisotopic (exact) mass is 467 g/mol. The standard InChI is InChI=1S/C22H21ClF3N3O3/c1-13(30)27-18-9-6-16(22(24,25)26)11-19(18)28-20(31)15-3-2-10-29(12-15)21(32)14-4-7-17(23)8-5-14/h4-9,11,15H,2-3,10,12H2,1H3,(H,27,30)(H,28,31). The number of benzene rings is 2. The highest BCUT2D eigenvalue weighted by Gasteiger charge is 2.33. The molecule has 0 radical (unpaired) electrons. The zero-order valence-electron chi connectivity index (χ0n) is 17.1. The molecular formula is C22H21ClF3N3O3. The van der Waals surface area contributed by atoms with E-state index in [0.717, 1.165) is 18.2 Å². The van der Waals surface area contributed by atoms with Gasteiger partial charge in [0.1, 0.15) is 0 Å². The Morgan fingerprint density at radius 3 is 2.34 bits per heavy atom. The zero-order valence-corrected chi connectivity index (χ0v) is 17.9. The first-order chi connectivity index (χ1) is 15.0. The minimum absolute atomic E-state index is 0.0590. The topological polar surface area (TPSA) is 78.5 Å². The molecule has 1 aliphatic rings. The molecule has 3 amide bonds. The van der Waals surface area contributed by atoms with Crippen molar-refractivity contribution in [1.82, 2.24) is 4.90 Å². The molecule has 0 saturated carbocycles. The van der Waals surface area contributed by atoms with Crippen LogP contribution >= 0.6 is 11.6 Å². The third-order valence-electron chi connectivity index (χ3n) is 5.09. The average Bonchev–Trinajstić information content (AvgIpc) is 2.74. The van der Waals surface area contributed by atoms with Gasteiger partial charge in [0, 0.05) is 30.6 Å². The summed E-state index contributed by atoms with van der Waals surface area (Å²) in [6.45, 7) is 1.80. The molecular weight excluding hydrogens is 447 g/mol. The van der Waals surface area contributed by atoms with Crippen molar-refractivity contribution in [1.29, 1.82) is 0 Å². The molecule has 6 nitrogen and oxygen atoms in total. The van der Waals surface area contributed by atoms with Gasteiger partial charge < -0.3 is 15.5 Å². The van der Waals surface area contributed by atoms with E-state index in [4.69, 9.17) is 11.6 Å². The van der Waals surface area contributed by atoms with E-state index >= 15 is 0 Å². The lowest BCUT2D eigenvalue weighted by Crippen LogP contribution is -2.43. The lowest BCUT2D eigenvalue weighted by Gasteiger charge is -2.32. The molecule has 1 heterocycles. The molecule has 2 N–H and O–H groups in total. The molecule has 2 aromatic carbocycles. The van der Waals surface area contributed by atoms with E-state index < -0.39 is 29.5 Å². The Morgan fingerprint density at radius 2 is 1.72 bits per heavy atom. The van der Waals surface area contributed by atoms with E-state index in [1.807, 2.05) is 0 Å². The van der Waals surface area contributed by atoms with Gasteiger partial charge in [-0.15, -0.1) is 0 Å². The highest BCUT2D eigenvalue weighted by atomic mass is 35.5. The number of nitrogens with one attached hydrogen (secondary N) is 2. The largest absolute Gasteiger partial charge is 0.416 e. The Bertz CT molecular complexity index is 1030. The maximum absolute atomic E-state index is 13.1. The molecule has 1 unspecified atom stereocenters. The zero-order chi connectivity index (χ0) is 23.5. The van der Waals surface area contributed by atoms with E-state index in [9.17, 15) is 27.6 Å². The van der Waals surface area contributed by atoms with Crippen LogP contribution in [0, 0.1) is 5.92 Å². The number of carbonyl (C=O) groups is 3. The SMILES string of the molecule is CC(=O)Nc1ccc(C(F)(F)F)cc1NC(=O)C1CCCN(C(=O)c2ccc(Cl)cc2)C1. The molecule has 0 spiro atoms. The summed E-state index contributed by atoms with van der Waals surface area (Å²) >= 11 is 5.85. The van der Waals surface area contributed by atoms with Crippen LogP contribution in [0.2, 0.25) is 5.02 Å². The number of piperidine rings is 1. The summed E-state index contributed by atoms with van der Waals surface area (Å²) in [7, 11) is 0. The van der Waals surface area contributed by atoms with Crippen molar-refractivity contribution in [3.63, 3.8) is 0 Å². The van der Waals surface area contributed by atoms with Gasteiger partial charge in [0.2, 0.25) is 11.8 Å². The Balaban J connectivity index is 1.76. The highest BCUT2D eigenvalue weighted by molar-refractivity contribution is 6.30. The van der Waals surface area contributed by atoms with Gasteiger partial charge >= 0.3 is 6.18 Å². The van der Waals surface area contributed by atoms with Crippen molar-refractivity contribution in [2.45, 2.75) is 25.9 Å². The highest BCUT2D eigenvalue weighted by Crippen LogP contribution is 2.34. The van der Waals surface area contributed by atoms with Gasteiger partial charge in [-0.2, -0.15) is 13.2 Å². The van der Waals surface area contributed by atoms with Crippen LogP contribution in [0.1, 0.15) is 35.7 Å². The smallest absolute Gasteiger partial charge is 0.338 e. The Hall–Kier alpha value is -3.07. The van der Waals surface area contributed by atoms with Gasteiger partial charge in [0.25, 0.3) is 5.91 Å². The molecule has 1 aliphatic heterocycles. The third-order valence-corrected chi connectivity index (χ3v) is 5.34. The summed E-state index contributed by atoms with van der Waals surface area (Å²) in [6, 6.07) is 9.08. The number of hydrogen-bond donors (Lipinski definition) is 2. The summed E-state index contributed by atoms with van der Waals surface area (Å²) in [6.07, 6.45) is -3.57. The van der Waals surface area contributed by atoms with Crippen LogP contribution in [0.4, 0.5) is 24.5 Å². The Labute approximate surface area is 187 Å². The molecule has 32 heavy (non-hydrogen) atoms. The molecule has 0 aliphatic carbocycles. The second kappa shape index (κ2) is 9.60. The van der Waals surface area contributed by atoms with Crippen LogP contribution in [-0.2, 0) is 15.8 Å². The molecule has 0 aromatic heterocycles. The summed E-state index contributed by atoms with van der Waals surface area (Å²) < 4.78 is 39.4. The fourth-order valence-electron chi connectivity index (χ4n) is 3.51. The van der Waals surface area contributed by atoms with E-state index in [0.29, 0.717) is 30.0 Å². The van der Waals surface area contributed by atoms with E-state index in [2.05, 4.69) is 10.6 Å². The molecule has 1 saturated heterocycles. The number of anilines is 2. The number of likely N-dealkylation sites (tertiary alicyclic amines) is 1. The molecule has 0 bridgehead atoms. The molecule has 1 atom stereocenters. The predicted molar refractivity (Wildman–Crippen MR) is 114 cm³/mol. The van der Waals surface area contributed by atoms with Crippen molar-refractivity contribution < 1.29 is 27.6 Å². The predicted octanol–water partition coefficient (Wildman–Crippen LogP) is 4.81. The second-order valence-electron chi connectivity index (χ2n) is 7.53. The van der Waals surface area contributed by atoms with Gasteiger partial charge in [-0.05, 0) is 55.3 Å². The summed E-state index contributed by atoms with van der Waals surface area (Å²) in [5.41, 5.74) is -0.615. The average molecular weight is 468 g/mol. The Kier molecular flexibility index (Phi) is 7.08. The molecule has 2 aromatic rings. The van der Waals surface area contributed by atoms with Crippen LogP contribution in [0.25, 0.3) is 0 Å². The van der Waals surface area contributed by atoms with Crippen molar-refractivity contribution >= 4 is 40.7 Å². The van der Waals surface area contributed by atoms with Crippen molar-refractivity contribution in [2.75, 3.05) is 23.7 Å². The summed E-state index contributed by atoms with van der Waals surface area (Å²) in [5.74, 6) is -1.88. The number of amides is 3. The number of alkyl halides is 3. The van der Waals surface area contributed by atoms with Crippen LogP contribution in [-0.4, -0.2) is 35.7 Å². The number of rotatable bonds is 4. The number of hydrogen-bond acceptors (Lipinski definition) is 3. The van der Waals surface area contributed by atoms with Gasteiger partial charge in [-0.25, -0.2) is 0 Å². The molecule has 3 rings (SSSR count). The van der Waals surface area contributed by atoms with E-state index in [-0.39, 0.29) is 23.8 Å². The number of carbonyl (C=O) groups excluding carboxylic acids is 3. The second-order valence-corrected chi connectivity index (χ2v) is 7.96. The maximum Gasteiger partial charge on any atom is 0.416 e. The van der Waals surface area contributed by atoms with Gasteiger partial charge in [0.05, 0.1) is 22.9 Å². The van der Waals surface area contributed by atoms with Crippen LogP contribution in [0.3, 0.4) is 0 Å². The molecule has 170 valence electrons. The minimum Gasteiger partial charge on any atom is -0.338 e. The normalized spacial score (nSPS) is 16.4. The van der Waals surface area contributed by atoms with Crippen molar-refractivity contribution in [2.24, 2.45) is 5.92 Å². The van der Waals surface area contributed by atoms with Gasteiger partial charge in [-0.3, -0.25) is 14.4 Å². The fraction of sp³-hybridized carbons (Fsp3) is 0.318. The lowest BCUT2D eigenvalue weighted by molar-refractivity contribution is -0.137. The van der Waals surface area contributed by atoms with Crippen molar-refractivity contribution in [3.8, 4) is 0 Å². The third kappa shape index (κ3) is 5.79. The number of halogens is 4. The fourth-order valence-corrected chi connectivity index (χ4v) is 3.63. The Morgan fingerprint density at radius 1 is 1.03 bits per heavy atom. The number of nitrogens with zero attached hydrogens (tertiary/aromatic N) is 1. The first-order valence-electron chi connectivity index (χ1n) is 9.89. The van der Waals surface area contributed by atoms with E-state index in [1.165, 1.54) is 11.8 Å². The maximum atomic E-state index is 13.1. The molecule has 10 heteroatoms. The first kappa shape index (κ1) is 23.6. The van der Waals surface area contributed by atoms with Crippen LogP contribution in [0.15, 0.2) is 42.5 Å². The van der Waals surface area contributed by atoms with Crippen LogP contribution < -0.4 is 10.6 Å². The summed E-state index contributed by atoms with van der Waals surface area (Å²) in [5, 5.41) is 5.41. The first-order valence-corrected chi connectivity index (χ1v) is 10.3. The quantitative estimate of drug-likeness (QED) is 0.677. The lowest BCUT2D eigenvalue weighted by atomic mass is 9.96. The van der Waals surface area contributed by atoms with Crippen LogP contribution in [0.5, 0.6) is 0 Å². The van der Waals surface area contributed by atoms with E-state index in [1.54, 1.807) is 24.3 Å². The minimum atomic E-state index is -4.61. The van der Waals surface area contributed by atoms with Gasteiger partial charge in [-0.1, -0.05) is 11.6 Å². The van der Waals surface area contributed by atoms with Gasteiger partial charge in [0.15, 0.2) is 0 Å². The van der Waals surface area contributed by atoms with Crippen molar-refractivity contribution in [3.05, 3.63) is 58.6 Å². The summed E-state index contributed by atoms with van der Waals surface area (Å²) in [4.78, 5) is 38.6. The molecule has 1 fully saturated rings.